The van der Waals surface area contributed by atoms with Gasteiger partial charge in [0.1, 0.15) is 12.0 Å². The van der Waals surface area contributed by atoms with Crippen molar-refractivity contribution in [3.05, 3.63) is 27.2 Å². The molecular weight excluding hydrogens is 320 g/mol. The number of aldehydes is 1. The van der Waals surface area contributed by atoms with E-state index in [-0.39, 0.29) is 5.04 Å². The number of hydrogen-bond acceptors (Lipinski definition) is 2. The molecular formula is C15H23BrO2Si. The van der Waals surface area contributed by atoms with Crippen molar-refractivity contribution in [2.45, 2.75) is 52.8 Å². The molecule has 0 aliphatic carbocycles. The third-order valence-electron chi connectivity index (χ3n) is 4.13. The van der Waals surface area contributed by atoms with Crippen LogP contribution in [0.3, 0.4) is 0 Å². The van der Waals surface area contributed by atoms with E-state index in [9.17, 15) is 4.79 Å². The van der Waals surface area contributed by atoms with Crippen molar-refractivity contribution in [1.29, 1.82) is 0 Å². The molecule has 1 aromatic carbocycles. The first-order chi connectivity index (χ1) is 8.51. The fourth-order valence-corrected chi connectivity index (χ4v) is 3.39. The molecule has 0 aliphatic rings. The van der Waals surface area contributed by atoms with Gasteiger partial charge in [0, 0.05) is 5.56 Å². The van der Waals surface area contributed by atoms with Crippen LogP contribution in [0.1, 0.15) is 42.3 Å². The molecule has 0 bridgehead atoms. The first-order valence-electron chi connectivity index (χ1n) is 6.45. The summed E-state index contributed by atoms with van der Waals surface area (Å²) < 4.78 is 7.25. The van der Waals surface area contributed by atoms with Gasteiger partial charge in [0.25, 0.3) is 8.32 Å². The van der Waals surface area contributed by atoms with Crippen LogP contribution in [0.15, 0.2) is 10.5 Å². The lowest BCUT2D eigenvalue weighted by molar-refractivity contribution is 0.112. The summed E-state index contributed by atoms with van der Waals surface area (Å²) in [5.74, 6) is 0.884. The Kier molecular flexibility index (Phi) is 4.68. The van der Waals surface area contributed by atoms with Crippen LogP contribution in [0.25, 0.3) is 0 Å². The molecule has 0 heterocycles. The Morgan fingerprint density at radius 1 is 1.21 bits per heavy atom. The standard InChI is InChI=1S/C15H23BrO2Si/c1-10-11(2)14(13(16)8-12(10)9-17)18-19(6,7)15(3,4)5/h8-9H,1-7H3. The maximum atomic E-state index is 11.0. The first kappa shape index (κ1) is 16.4. The van der Waals surface area contributed by atoms with Gasteiger partial charge in [-0.1, -0.05) is 20.8 Å². The zero-order valence-electron chi connectivity index (χ0n) is 12.8. The Bertz CT molecular complexity index is 502. The molecule has 1 rings (SSSR count). The molecule has 4 heteroatoms. The summed E-state index contributed by atoms with van der Waals surface area (Å²) in [5, 5.41) is 0.149. The lowest BCUT2D eigenvalue weighted by atomic mass is 10.0. The normalized spacial score (nSPS) is 12.4. The van der Waals surface area contributed by atoms with Crippen molar-refractivity contribution in [3.63, 3.8) is 0 Å². The average Bonchev–Trinajstić information content (AvgIpc) is 2.27. The van der Waals surface area contributed by atoms with Crippen LogP contribution < -0.4 is 4.43 Å². The van der Waals surface area contributed by atoms with Crippen molar-refractivity contribution in [1.82, 2.24) is 0 Å². The fraction of sp³-hybridized carbons (Fsp3) is 0.533. The third-order valence-corrected chi connectivity index (χ3v) is 9.04. The summed E-state index contributed by atoms with van der Waals surface area (Å²) in [4.78, 5) is 11.0. The smallest absolute Gasteiger partial charge is 0.250 e. The van der Waals surface area contributed by atoms with Crippen molar-refractivity contribution in [2.24, 2.45) is 0 Å². The minimum Gasteiger partial charge on any atom is -0.543 e. The van der Waals surface area contributed by atoms with Crippen molar-refractivity contribution in [2.75, 3.05) is 0 Å². The Hall–Kier alpha value is -0.613. The van der Waals surface area contributed by atoms with Gasteiger partial charge in [-0.2, -0.15) is 0 Å². The predicted molar refractivity (Wildman–Crippen MR) is 86.8 cm³/mol. The van der Waals surface area contributed by atoms with E-state index in [1.165, 1.54) is 0 Å². The SMILES string of the molecule is Cc1c(C=O)cc(Br)c(O[Si](C)(C)C(C)(C)C)c1C. The van der Waals surface area contributed by atoms with Crippen molar-refractivity contribution >= 4 is 30.5 Å². The van der Waals surface area contributed by atoms with E-state index in [0.29, 0.717) is 5.56 Å². The second kappa shape index (κ2) is 5.41. The third kappa shape index (κ3) is 3.29. The molecule has 0 fully saturated rings. The summed E-state index contributed by atoms with van der Waals surface area (Å²) in [7, 11) is -1.88. The summed E-state index contributed by atoms with van der Waals surface area (Å²) in [6, 6.07) is 1.85. The second-order valence-corrected chi connectivity index (χ2v) is 12.1. The van der Waals surface area contributed by atoms with Gasteiger partial charge in [-0.05, 0) is 65.1 Å². The minimum absolute atomic E-state index is 0.149. The number of benzene rings is 1. The van der Waals surface area contributed by atoms with Crippen molar-refractivity contribution in [3.8, 4) is 5.75 Å². The number of carbonyl (C=O) groups excluding carboxylic acids is 1. The van der Waals surface area contributed by atoms with Gasteiger partial charge in [0.15, 0.2) is 0 Å². The topological polar surface area (TPSA) is 26.3 Å². The Balaban J connectivity index is 3.31. The molecule has 19 heavy (non-hydrogen) atoms. The molecule has 0 aliphatic heterocycles. The average molecular weight is 343 g/mol. The van der Waals surface area contributed by atoms with Gasteiger partial charge in [0.05, 0.1) is 4.47 Å². The summed E-state index contributed by atoms with van der Waals surface area (Å²) in [6.07, 6.45) is 0.892. The highest BCUT2D eigenvalue weighted by atomic mass is 79.9. The molecule has 0 amide bonds. The largest absolute Gasteiger partial charge is 0.543 e. The molecule has 0 radical (unpaired) electrons. The van der Waals surface area contributed by atoms with Crippen LogP contribution in [0.4, 0.5) is 0 Å². The lowest BCUT2D eigenvalue weighted by Gasteiger charge is -2.37. The van der Waals surface area contributed by atoms with Crippen LogP contribution in [0.5, 0.6) is 5.75 Å². The van der Waals surface area contributed by atoms with E-state index in [2.05, 4.69) is 49.8 Å². The maximum Gasteiger partial charge on any atom is 0.250 e. The highest BCUT2D eigenvalue weighted by Crippen LogP contribution is 2.41. The van der Waals surface area contributed by atoms with Crippen molar-refractivity contribution < 1.29 is 9.22 Å². The molecule has 0 aromatic heterocycles. The van der Waals surface area contributed by atoms with Gasteiger partial charge in [-0.25, -0.2) is 0 Å². The quantitative estimate of drug-likeness (QED) is 0.552. The van der Waals surface area contributed by atoms with Gasteiger partial charge in [0.2, 0.25) is 0 Å². The lowest BCUT2D eigenvalue weighted by Crippen LogP contribution is -2.44. The van der Waals surface area contributed by atoms with Crippen LogP contribution in [0, 0.1) is 13.8 Å². The zero-order valence-corrected chi connectivity index (χ0v) is 15.4. The van der Waals surface area contributed by atoms with Crippen LogP contribution in [-0.2, 0) is 0 Å². The number of carbonyl (C=O) groups is 1. The first-order valence-corrected chi connectivity index (χ1v) is 10.2. The van der Waals surface area contributed by atoms with E-state index in [0.717, 1.165) is 27.6 Å². The molecule has 0 spiro atoms. The molecule has 106 valence electrons. The van der Waals surface area contributed by atoms with Crippen LogP contribution >= 0.6 is 15.9 Å². The van der Waals surface area contributed by atoms with E-state index >= 15 is 0 Å². The second-order valence-electron chi connectivity index (χ2n) is 6.51. The molecule has 2 nitrogen and oxygen atoms in total. The predicted octanol–water partition coefficient (Wildman–Crippen LogP) is 5.26. The number of halogens is 1. The maximum absolute atomic E-state index is 11.0. The van der Waals surface area contributed by atoms with Crippen LogP contribution in [0.2, 0.25) is 18.1 Å². The van der Waals surface area contributed by atoms with E-state index in [4.69, 9.17) is 4.43 Å². The number of rotatable bonds is 3. The highest BCUT2D eigenvalue weighted by Gasteiger charge is 2.39. The molecule has 0 saturated carbocycles. The monoisotopic (exact) mass is 342 g/mol. The Labute approximate surface area is 125 Å². The van der Waals surface area contributed by atoms with Gasteiger partial charge < -0.3 is 4.43 Å². The highest BCUT2D eigenvalue weighted by molar-refractivity contribution is 9.10. The zero-order chi connectivity index (χ0) is 15.0. The molecule has 0 saturated heterocycles. The summed E-state index contributed by atoms with van der Waals surface area (Å²) >= 11 is 3.53. The van der Waals surface area contributed by atoms with Gasteiger partial charge in [-0.15, -0.1) is 0 Å². The molecule has 0 N–H and O–H groups in total. The summed E-state index contributed by atoms with van der Waals surface area (Å²) in [6.45, 7) is 15.1. The summed E-state index contributed by atoms with van der Waals surface area (Å²) in [5.41, 5.74) is 2.75. The van der Waals surface area contributed by atoms with E-state index in [1.807, 2.05) is 19.9 Å². The van der Waals surface area contributed by atoms with Gasteiger partial charge >= 0.3 is 0 Å². The number of hydrogen-bond donors (Lipinski definition) is 0. The molecule has 0 atom stereocenters. The fourth-order valence-electron chi connectivity index (χ4n) is 1.53. The van der Waals surface area contributed by atoms with Crippen LogP contribution in [-0.4, -0.2) is 14.6 Å². The Morgan fingerprint density at radius 2 is 1.74 bits per heavy atom. The molecule has 1 aromatic rings. The van der Waals surface area contributed by atoms with Gasteiger partial charge in [-0.3, -0.25) is 4.79 Å². The van der Waals surface area contributed by atoms with E-state index < -0.39 is 8.32 Å². The Morgan fingerprint density at radius 3 is 2.16 bits per heavy atom. The minimum atomic E-state index is -1.88. The van der Waals surface area contributed by atoms with E-state index in [1.54, 1.807) is 0 Å². The molecule has 0 unspecified atom stereocenters.